The molecule has 2 aromatic rings. The quantitative estimate of drug-likeness (QED) is 0.865. The van der Waals surface area contributed by atoms with E-state index in [1.807, 2.05) is 18.0 Å². The van der Waals surface area contributed by atoms with E-state index < -0.39 is 0 Å². The molecule has 0 aliphatic rings. The summed E-state index contributed by atoms with van der Waals surface area (Å²) >= 11 is 1.68. The van der Waals surface area contributed by atoms with E-state index in [0.717, 1.165) is 11.6 Å². The predicted octanol–water partition coefficient (Wildman–Crippen LogP) is 2.02. The zero-order valence-electron chi connectivity index (χ0n) is 10.4. The second kappa shape index (κ2) is 5.79. The summed E-state index contributed by atoms with van der Waals surface area (Å²) in [5.41, 5.74) is 1.23. The smallest absolute Gasteiger partial charge is 0.138 e. The molecule has 0 spiro atoms. The van der Waals surface area contributed by atoms with Crippen molar-refractivity contribution < 1.29 is 5.11 Å². The third-order valence-corrected chi connectivity index (χ3v) is 3.65. The fraction of sp³-hybridized carbons (Fsp3) is 0.333. The largest absolute Gasteiger partial charge is 0.395 e. The molecule has 2 N–H and O–H groups in total. The van der Waals surface area contributed by atoms with E-state index in [2.05, 4.69) is 33.7 Å². The molecule has 0 saturated carbocycles. The molecule has 6 heteroatoms. The van der Waals surface area contributed by atoms with Gasteiger partial charge in [-0.2, -0.15) is 0 Å². The van der Waals surface area contributed by atoms with Gasteiger partial charge in [0.15, 0.2) is 0 Å². The molecule has 0 saturated heterocycles. The van der Waals surface area contributed by atoms with E-state index in [-0.39, 0.29) is 6.61 Å². The van der Waals surface area contributed by atoms with Crippen LogP contribution < -0.4 is 10.2 Å². The zero-order chi connectivity index (χ0) is 13.0. The minimum atomic E-state index is 0.0825. The molecule has 0 atom stereocenters. The first-order chi connectivity index (χ1) is 8.72. The summed E-state index contributed by atoms with van der Waals surface area (Å²) in [6.07, 6.45) is 1.52. The highest BCUT2D eigenvalue weighted by molar-refractivity contribution is 7.14. The van der Waals surface area contributed by atoms with Crippen LogP contribution >= 0.6 is 11.3 Å². The van der Waals surface area contributed by atoms with E-state index >= 15 is 0 Å². The number of hydrogen-bond donors (Lipinski definition) is 2. The van der Waals surface area contributed by atoms with Crippen LogP contribution in [0.25, 0.3) is 0 Å². The van der Waals surface area contributed by atoms with Gasteiger partial charge in [-0.05, 0) is 23.9 Å². The van der Waals surface area contributed by atoms with Gasteiger partial charge in [-0.25, -0.2) is 9.97 Å². The van der Waals surface area contributed by atoms with Crippen molar-refractivity contribution in [3.63, 3.8) is 0 Å². The summed E-state index contributed by atoms with van der Waals surface area (Å²) in [6.45, 7) is 2.64. The van der Waals surface area contributed by atoms with Crippen molar-refractivity contribution in [3.05, 3.63) is 29.4 Å². The van der Waals surface area contributed by atoms with Crippen molar-refractivity contribution in [1.29, 1.82) is 0 Å². The number of nitrogens with zero attached hydrogens (tertiary/aromatic N) is 3. The second-order valence-electron chi connectivity index (χ2n) is 3.88. The Morgan fingerprint density at radius 1 is 1.44 bits per heavy atom. The Labute approximate surface area is 110 Å². The van der Waals surface area contributed by atoms with Crippen LogP contribution in [-0.2, 0) is 0 Å². The molecule has 0 unspecified atom stereocenters. The Kier molecular flexibility index (Phi) is 4.11. The number of aryl methyl sites for hydroxylation is 1. The first kappa shape index (κ1) is 12.8. The standard InChI is InChI=1S/C12H16N4OS/c1-9-3-6-18-12(9)16(2)11-7-10(13-4-5-17)14-8-15-11/h3,6-8,17H,4-5H2,1-2H3,(H,13,14,15). The van der Waals surface area contributed by atoms with Gasteiger partial charge < -0.3 is 15.3 Å². The van der Waals surface area contributed by atoms with Crippen molar-refractivity contribution in [2.45, 2.75) is 6.92 Å². The molecule has 18 heavy (non-hydrogen) atoms. The number of aromatic nitrogens is 2. The first-order valence-corrected chi connectivity index (χ1v) is 6.55. The Morgan fingerprint density at radius 3 is 2.94 bits per heavy atom. The van der Waals surface area contributed by atoms with Gasteiger partial charge in [-0.15, -0.1) is 11.3 Å². The minimum Gasteiger partial charge on any atom is -0.395 e. The van der Waals surface area contributed by atoms with E-state index in [1.54, 1.807) is 11.3 Å². The van der Waals surface area contributed by atoms with Crippen LogP contribution in [0.1, 0.15) is 5.56 Å². The van der Waals surface area contributed by atoms with Crippen LogP contribution in [0.3, 0.4) is 0 Å². The minimum absolute atomic E-state index is 0.0825. The molecule has 2 rings (SSSR count). The third-order valence-electron chi connectivity index (χ3n) is 2.55. The lowest BCUT2D eigenvalue weighted by Gasteiger charge is -2.17. The van der Waals surface area contributed by atoms with Crippen molar-refractivity contribution in [1.82, 2.24) is 9.97 Å². The molecule has 2 heterocycles. The van der Waals surface area contributed by atoms with E-state index in [9.17, 15) is 0 Å². The lowest BCUT2D eigenvalue weighted by atomic mass is 10.3. The lowest BCUT2D eigenvalue weighted by Crippen LogP contribution is -2.13. The highest BCUT2D eigenvalue weighted by Crippen LogP contribution is 2.30. The molecule has 2 aromatic heterocycles. The number of nitrogens with one attached hydrogen (secondary N) is 1. The molecular weight excluding hydrogens is 248 g/mol. The van der Waals surface area contributed by atoms with Crippen LogP contribution in [-0.4, -0.2) is 35.3 Å². The van der Waals surface area contributed by atoms with Gasteiger partial charge in [0.2, 0.25) is 0 Å². The number of aliphatic hydroxyl groups excluding tert-OH is 1. The summed E-state index contributed by atoms with van der Waals surface area (Å²) in [5.74, 6) is 1.55. The molecule has 0 radical (unpaired) electrons. The molecule has 0 amide bonds. The van der Waals surface area contributed by atoms with Crippen LogP contribution in [0.5, 0.6) is 0 Å². The summed E-state index contributed by atoms with van der Waals surface area (Å²) in [6, 6.07) is 3.96. The van der Waals surface area contributed by atoms with Gasteiger partial charge in [0.1, 0.15) is 18.0 Å². The van der Waals surface area contributed by atoms with Gasteiger partial charge in [-0.1, -0.05) is 0 Å². The Balaban J connectivity index is 2.20. The van der Waals surface area contributed by atoms with E-state index in [1.165, 1.54) is 16.9 Å². The number of thiophene rings is 1. The average molecular weight is 264 g/mol. The highest BCUT2D eigenvalue weighted by atomic mass is 32.1. The Bertz CT molecular complexity index is 514. The fourth-order valence-corrected chi connectivity index (χ4v) is 2.53. The van der Waals surface area contributed by atoms with Crippen molar-refractivity contribution in [2.24, 2.45) is 0 Å². The lowest BCUT2D eigenvalue weighted by molar-refractivity contribution is 0.311. The van der Waals surface area contributed by atoms with Crippen molar-refractivity contribution in [3.8, 4) is 0 Å². The van der Waals surface area contributed by atoms with Crippen molar-refractivity contribution in [2.75, 3.05) is 30.4 Å². The van der Waals surface area contributed by atoms with Crippen molar-refractivity contribution >= 4 is 28.0 Å². The van der Waals surface area contributed by atoms with Crippen LogP contribution in [0, 0.1) is 6.92 Å². The van der Waals surface area contributed by atoms with Gasteiger partial charge in [0.25, 0.3) is 0 Å². The first-order valence-electron chi connectivity index (χ1n) is 5.67. The van der Waals surface area contributed by atoms with Crippen LogP contribution in [0.2, 0.25) is 0 Å². The Hall–Kier alpha value is -1.66. The number of hydrogen-bond acceptors (Lipinski definition) is 6. The maximum Gasteiger partial charge on any atom is 0.138 e. The topological polar surface area (TPSA) is 61.3 Å². The summed E-state index contributed by atoms with van der Waals surface area (Å²) in [5, 5.41) is 15.0. The van der Waals surface area contributed by atoms with E-state index in [0.29, 0.717) is 6.54 Å². The fourth-order valence-electron chi connectivity index (χ4n) is 1.62. The summed E-state index contributed by atoms with van der Waals surface area (Å²) < 4.78 is 0. The van der Waals surface area contributed by atoms with Crippen LogP contribution in [0.15, 0.2) is 23.8 Å². The molecule has 96 valence electrons. The molecule has 5 nitrogen and oxygen atoms in total. The third kappa shape index (κ3) is 2.77. The van der Waals surface area contributed by atoms with Gasteiger partial charge in [0.05, 0.1) is 11.6 Å². The molecule has 0 aromatic carbocycles. The SMILES string of the molecule is Cc1ccsc1N(C)c1cc(NCCO)ncn1. The van der Waals surface area contributed by atoms with Gasteiger partial charge in [-0.3, -0.25) is 0 Å². The maximum absolute atomic E-state index is 8.78. The molecule has 0 fully saturated rings. The summed E-state index contributed by atoms with van der Waals surface area (Å²) in [4.78, 5) is 10.4. The number of rotatable bonds is 5. The number of aliphatic hydroxyl groups is 1. The van der Waals surface area contributed by atoms with E-state index in [4.69, 9.17) is 5.11 Å². The second-order valence-corrected chi connectivity index (χ2v) is 4.77. The van der Waals surface area contributed by atoms with Gasteiger partial charge in [0, 0.05) is 19.7 Å². The summed E-state index contributed by atoms with van der Waals surface area (Å²) in [7, 11) is 1.98. The highest BCUT2D eigenvalue weighted by Gasteiger charge is 2.10. The van der Waals surface area contributed by atoms with Gasteiger partial charge >= 0.3 is 0 Å². The normalized spacial score (nSPS) is 10.4. The zero-order valence-corrected chi connectivity index (χ0v) is 11.2. The number of anilines is 3. The maximum atomic E-state index is 8.78. The molecule has 0 bridgehead atoms. The molecule has 0 aliphatic carbocycles. The average Bonchev–Trinajstić information content (AvgIpc) is 2.82. The predicted molar refractivity (Wildman–Crippen MR) is 74.7 cm³/mol. The monoisotopic (exact) mass is 264 g/mol. The van der Waals surface area contributed by atoms with Crippen LogP contribution in [0.4, 0.5) is 16.6 Å². The molecule has 0 aliphatic heterocycles. The molecular formula is C12H16N4OS. The Morgan fingerprint density at radius 2 is 2.28 bits per heavy atom.